The number of hydrogen-bond acceptors (Lipinski definition) is 4. The lowest BCUT2D eigenvalue weighted by molar-refractivity contribution is -0.0277. The van der Waals surface area contributed by atoms with Crippen LogP contribution in [0.3, 0.4) is 0 Å². The number of rotatable bonds is 5. The molecule has 1 aliphatic heterocycles. The lowest BCUT2D eigenvalue weighted by atomic mass is 10.1. The SMILES string of the molecule is CCOc1cc(N2CCOC(C)(C)C2)ccc1NC(=O)c1ccc(F)cc1F. The molecule has 1 N–H and O–H groups in total. The Hall–Kier alpha value is -2.67. The summed E-state index contributed by atoms with van der Waals surface area (Å²) in [6.45, 7) is 8.43. The van der Waals surface area contributed by atoms with Gasteiger partial charge in [-0.2, -0.15) is 0 Å². The van der Waals surface area contributed by atoms with E-state index in [-0.39, 0.29) is 11.2 Å². The predicted molar refractivity (Wildman–Crippen MR) is 104 cm³/mol. The van der Waals surface area contributed by atoms with Crippen molar-refractivity contribution >= 4 is 17.3 Å². The number of amides is 1. The Bertz CT molecular complexity index is 871. The van der Waals surface area contributed by atoms with E-state index in [1.807, 2.05) is 32.9 Å². The number of hydrogen-bond donors (Lipinski definition) is 1. The van der Waals surface area contributed by atoms with Crippen molar-refractivity contribution in [2.45, 2.75) is 26.4 Å². The van der Waals surface area contributed by atoms with Crippen LogP contribution in [-0.4, -0.2) is 37.8 Å². The highest BCUT2D eigenvalue weighted by Gasteiger charge is 2.28. The summed E-state index contributed by atoms with van der Waals surface area (Å²) in [5, 5.41) is 2.65. The number of carbonyl (C=O) groups excluding carboxylic acids is 1. The largest absolute Gasteiger partial charge is 0.492 e. The molecule has 0 aromatic heterocycles. The molecule has 1 aliphatic rings. The molecule has 2 aromatic rings. The zero-order valence-electron chi connectivity index (χ0n) is 16.2. The molecule has 1 saturated heterocycles. The Labute approximate surface area is 163 Å². The molecule has 0 aliphatic carbocycles. The second-order valence-corrected chi connectivity index (χ2v) is 7.22. The third kappa shape index (κ3) is 4.59. The molecule has 1 fully saturated rings. The zero-order chi connectivity index (χ0) is 20.3. The summed E-state index contributed by atoms with van der Waals surface area (Å²) in [6, 6.07) is 8.29. The Morgan fingerprint density at radius 3 is 2.71 bits per heavy atom. The molecular weight excluding hydrogens is 366 g/mol. The minimum atomic E-state index is -0.914. The van der Waals surface area contributed by atoms with Crippen LogP contribution in [0, 0.1) is 11.6 Å². The third-order valence-electron chi connectivity index (χ3n) is 4.48. The van der Waals surface area contributed by atoms with E-state index in [4.69, 9.17) is 9.47 Å². The number of anilines is 2. The average molecular weight is 390 g/mol. The van der Waals surface area contributed by atoms with Gasteiger partial charge in [0.15, 0.2) is 0 Å². The van der Waals surface area contributed by atoms with Crippen molar-refractivity contribution in [1.29, 1.82) is 0 Å². The summed E-state index contributed by atoms with van der Waals surface area (Å²) in [4.78, 5) is 14.6. The second kappa shape index (κ2) is 8.14. The highest BCUT2D eigenvalue weighted by atomic mass is 19.1. The normalized spacial score (nSPS) is 16.0. The van der Waals surface area contributed by atoms with E-state index in [0.717, 1.165) is 30.9 Å². The molecule has 0 atom stereocenters. The molecule has 0 radical (unpaired) electrons. The monoisotopic (exact) mass is 390 g/mol. The van der Waals surface area contributed by atoms with Crippen molar-refractivity contribution in [1.82, 2.24) is 0 Å². The van der Waals surface area contributed by atoms with Gasteiger partial charge in [-0.25, -0.2) is 8.78 Å². The first-order chi connectivity index (χ1) is 13.3. The number of nitrogens with one attached hydrogen (secondary N) is 1. The van der Waals surface area contributed by atoms with Crippen LogP contribution in [0.5, 0.6) is 5.75 Å². The minimum Gasteiger partial charge on any atom is -0.492 e. The van der Waals surface area contributed by atoms with Gasteiger partial charge >= 0.3 is 0 Å². The third-order valence-corrected chi connectivity index (χ3v) is 4.48. The molecule has 0 bridgehead atoms. The number of halogens is 2. The average Bonchev–Trinajstić information content (AvgIpc) is 2.62. The molecule has 3 rings (SSSR count). The fraction of sp³-hybridized carbons (Fsp3) is 0.381. The Morgan fingerprint density at radius 1 is 1.25 bits per heavy atom. The summed E-state index contributed by atoms with van der Waals surface area (Å²) in [5.41, 5.74) is 0.886. The van der Waals surface area contributed by atoms with Crippen molar-refractivity contribution in [2.24, 2.45) is 0 Å². The van der Waals surface area contributed by atoms with Crippen LogP contribution >= 0.6 is 0 Å². The summed E-state index contributed by atoms with van der Waals surface area (Å²) < 4.78 is 38.4. The van der Waals surface area contributed by atoms with Crippen LogP contribution in [0.25, 0.3) is 0 Å². The fourth-order valence-corrected chi connectivity index (χ4v) is 3.19. The number of benzene rings is 2. The number of carbonyl (C=O) groups is 1. The number of ether oxygens (including phenoxy) is 2. The molecule has 1 heterocycles. The molecule has 0 unspecified atom stereocenters. The molecule has 5 nitrogen and oxygen atoms in total. The Morgan fingerprint density at radius 2 is 2.04 bits per heavy atom. The van der Waals surface area contributed by atoms with Crippen LogP contribution < -0.4 is 15.0 Å². The van der Waals surface area contributed by atoms with Crippen molar-refractivity contribution in [3.8, 4) is 5.75 Å². The van der Waals surface area contributed by atoms with Gasteiger partial charge in [0.05, 0.1) is 30.1 Å². The van der Waals surface area contributed by atoms with E-state index in [2.05, 4.69) is 10.2 Å². The van der Waals surface area contributed by atoms with Crippen LogP contribution in [0.15, 0.2) is 36.4 Å². The van der Waals surface area contributed by atoms with Crippen LogP contribution in [-0.2, 0) is 4.74 Å². The minimum absolute atomic E-state index is 0.233. The predicted octanol–water partition coefficient (Wildman–Crippen LogP) is 4.23. The molecule has 0 spiro atoms. The molecule has 2 aromatic carbocycles. The molecule has 7 heteroatoms. The lowest BCUT2D eigenvalue weighted by Gasteiger charge is -2.39. The zero-order valence-corrected chi connectivity index (χ0v) is 16.2. The van der Waals surface area contributed by atoms with Gasteiger partial charge in [-0.15, -0.1) is 0 Å². The maximum Gasteiger partial charge on any atom is 0.258 e. The molecule has 1 amide bonds. The maximum absolute atomic E-state index is 13.9. The summed E-state index contributed by atoms with van der Waals surface area (Å²) in [7, 11) is 0. The topological polar surface area (TPSA) is 50.8 Å². The quantitative estimate of drug-likeness (QED) is 0.830. The van der Waals surface area contributed by atoms with Gasteiger partial charge in [0.25, 0.3) is 5.91 Å². The first-order valence-corrected chi connectivity index (χ1v) is 9.21. The van der Waals surface area contributed by atoms with Crippen LogP contribution in [0.2, 0.25) is 0 Å². The van der Waals surface area contributed by atoms with Gasteiger partial charge in [0.2, 0.25) is 0 Å². The van der Waals surface area contributed by atoms with Crippen molar-refractivity contribution in [3.63, 3.8) is 0 Å². The van der Waals surface area contributed by atoms with Gasteiger partial charge in [-0.05, 0) is 45.0 Å². The summed E-state index contributed by atoms with van der Waals surface area (Å²) >= 11 is 0. The van der Waals surface area contributed by atoms with E-state index in [1.54, 1.807) is 6.07 Å². The smallest absolute Gasteiger partial charge is 0.258 e. The van der Waals surface area contributed by atoms with Gasteiger partial charge in [-0.1, -0.05) is 0 Å². The Balaban J connectivity index is 1.84. The highest BCUT2D eigenvalue weighted by Crippen LogP contribution is 2.32. The van der Waals surface area contributed by atoms with Gasteiger partial charge < -0.3 is 19.7 Å². The molecular formula is C21H24F2N2O3. The first-order valence-electron chi connectivity index (χ1n) is 9.21. The second-order valence-electron chi connectivity index (χ2n) is 7.22. The van der Waals surface area contributed by atoms with Crippen molar-refractivity contribution < 1.29 is 23.0 Å². The fourth-order valence-electron chi connectivity index (χ4n) is 3.19. The Kier molecular flexibility index (Phi) is 5.84. The number of nitrogens with zero attached hydrogens (tertiary/aromatic N) is 1. The van der Waals surface area contributed by atoms with E-state index >= 15 is 0 Å². The van der Waals surface area contributed by atoms with E-state index in [9.17, 15) is 13.6 Å². The molecule has 28 heavy (non-hydrogen) atoms. The van der Waals surface area contributed by atoms with Crippen molar-refractivity contribution in [3.05, 3.63) is 53.6 Å². The van der Waals surface area contributed by atoms with Gasteiger partial charge in [0.1, 0.15) is 17.4 Å². The van der Waals surface area contributed by atoms with Crippen LogP contribution in [0.1, 0.15) is 31.1 Å². The molecule has 0 saturated carbocycles. The standard InChI is InChI=1S/C21H24F2N2O3/c1-4-27-19-12-15(25-9-10-28-21(2,3)13-25)6-8-18(19)24-20(26)16-7-5-14(22)11-17(16)23/h5-8,11-12H,4,9-10,13H2,1-3H3,(H,24,26). The van der Waals surface area contributed by atoms with Crippen molar-refractivity contribution in [2.75, 3.05) is 36.5 Å². The first kappa shape index (κ1) is 20.1. The van der Waals surface area contributed by atoms with E-state index in [1.165, 1.54) is 0 Å². The van der Waals surface area contributed by atoms with E-state index < -0.39 is 17.5 Å². The maximum atomic E-state index is 13.9. The van der Waals surface area contributed by atoms with Gasteiger partial charge in [-0.3, -0.25) is 4.79 Å². The summed E-state index contributed by atoms with van der Waals surface area (Å²) in [5.74, 6) is -1.83. The van der Waals surface area contributed by atoms with E-state index in [0.29, 0.717) is 30.7 Å². The number of morpholine rings is 1. The molecule has 150 valence electrons. The summed E-state index contributed by atoms with van der Waals surface area (Å²) in [6.07, 6.45) is 0. The highest BCUT2D eigenvalue weighted by molar-refractivity contribution is 6.05. The van der Waals surface area contributed by atoms with Crippen LogP contribution in [0.4, 0.5) is 20.2 Å². The van der Waals surface area contributed by atoms with Gasteiger partial charge in [0, 0.05) is 30.9 Å². The lowest BCUT2D eigenvalue weighted by Crippen LogP contribution is -2.48.